The molecule has 0 spiro atoms. The molecule has 1 aromatic carbocycles. The van der Waals surface area contributed by atoms with E-state index in [-0.39, 0.29) is 61.9 Å². The van der Waals surface area contributed by atoms with Crippen molar-refractivity contribution in [3.63, 3.8) is 0 Å². The van der Waals surface area contributed by atoms with Crippen molar-refractivity contribution < 1.29 is 26.4 Å². The first-order valence-corrected chi connectivity index (χ1v) is 10.9. The molecule has 2 rings (SSSR count). The molecule has 1 fully saturated rings. The lowest BCUT2D eigenvalue weighted by molar-refractivity contribution is -0.0494. The van der Waals surface area contributed by atoms with Crippen LogP contribution in [-0.4, -0.2) is 62.8 Å². The number of sulfonamides is 1. The Morgan fingerprint density at radius 2 is 1.74 bits per heavy atom. The molecule has 8 nitrogen and oxygen atoms in total. The van der Waals surface area contributed by atoms with Gasteiger partial charge in [-0.1, -0.05) is 12.1 Å². The van der Waals surface area contributed by atoms with Gasteiger partial charge in [0.25, 0.3) is 5.91 Å². The molecule has 0 aromatic heterocycles. The van der Waals surface area contributed by atoms with Gasteiger partial charge in [0.2, 0.25) is 0 Å². The molecule has 0 atom stereocenters. The number of piperidine rings is 1. The van der Waals surface area contributed by atoms with Gasteiger partial charge in [0, 0.05) is 44.8 Å². The molecule has 0 unspecified atom stereocenters. The Balaban J connectivity index is 0.00000480. The monoisotopic (exact) mass is 577 g/mol. The first-order valence-electron chi connectivity index (χ1n) is 9.49. The van der Waals surface area contributed by atoms with E-state index in [1.54, 1.807) is 19.2 Å². The van der Waals surface area contributed by atoms with E-state index in [1.807, 2.05) is 19.1 Å². The minimum Gasteiger partial charge on any atom is -0.354 e. The SMILES string of the molecule is CCNC(=O)c1ccc(CNC(=NC)NC2CCN(S(=O)(=O)C(F)(F)F)CC2)cc1.I. The van der Waals surface area contributed by atoms with Crippen LogP contribution in [0, 0.1) is 0 Å². The van der Waals surface area contributed by atoms with Crippen molar-refractivity contribution in [3.8, 4) is 0 Å². The van der Waals surface area contributed by atoms with Gasteiger partial charge in [-0.3, -0.25) is 9.79 Å². The van der Waals surface area contributed by atoms with Gasteiger partial charge in [-0.15, -0.1) is 24.0 Å². The fraction of sp³-hybridized carbons (Fsp3) is 0.556. The zero-order chi connectivity index (χ0) is 22.4. The number of rotatable bonds is 6. The molecule has 0 saturated carbocycles. The number of nitrogens with zero attached hydrogens (tertiary/aromatic N) is 2. The van der Waals surface area contributed by atoms with Crippen LogP contribution in [0.1, 0.15) is 35.7 Å². The van der Waals surface area contributed by atoms with E-state index in [0.29, 0.717) is 28.9 Å². The van der Waals surface area contributed by atoms with Gasteiger partial charge in [-0.05, 0) is 37.5 Å². The zero-order valence-corrected chi connectivity index (χ0v) is 20.3. The predicted molar refractivity (Wildman–Crippen MR) is 123 cm³/mol. The Labute approximate surface area is 197 Å². The van der Waals surface area contributed by atoms with E-state index in [1.165, 1.54) is 0 Å². The molecule has 1 saturated heterocycles. The Morgan fingerprint density at radius 1 is 1.16 bits per heavy atom. The second-order valence-electron chi connectivity index (χ2n) is 6.75. The molecule has 0 aliphatic carbocycles. The largest absolute Gasteiger partial charge is 0.511 e. The number of aliphatic imine (C=N–C) groups is 1. The molecule has 1 aromatic rings. The average molecular weight is 577 g/mol. The van der Waals surface area contributed by atoms with Gasteiger partial charge < -0.3 is 16.0 Å². The maximum absolute atomic E-state index is 12.7. The van der Waals surface area contributed by atoms with Crippen LogP contribution in [0.3, 0.4) is 0 Å². The maximum atomic E-state index is 12.7. The summed E-state index contributed by atoms with van der Waals surface area (Å²) in [5.74, 6) is 0.313. The summed E-state index contributed by atoms with van der Waals surface area (Å²) >= 11 is 0. The summed E-state index contributed by atoms with van der Waals surface area (Å²) in [6.07, 6.45) is 0.467. The Kier molecular flexibility index (Phi) is 10.5. The number of carbonyl (C=O) groups is 1. The third-order valence-corrected chi connectivity index (χ3v) is 6.29. The van der Waals surface area contributed by atoms with E-state index in [9.17, 15) is 26.4 Å². The van der Waals surface area contributed by atoms with Crippen molar-refractivity contribution in [2.24, 2.45) is 4.99 Å². The number of amides is 1. The van der Waals surface area contributed by atoms with E-state index in [4.69, 9.17) is 0 Å². The van der Waals surface area contributed by atoms with Gasteiger partial charge in [-0.2, -0.15) is 17.5 Å². The molecule has 176 valence electrons. The molecule has 3 N–H and O–H groups in total. The molecule has 13 heteroatoms. The molecular formula is C18H27F3IN5O3S. The standard InChI is InChI=1S/C18H26F3N5O3S.HI/c1-3-23-16(27)14-6-4-13(5-7-14)12-24-17(22-2)25-15-8-10-26(11-9-15)30(28,29)18(19,20)21;/h4-7,15H,3,8-12H2,1-2H3,(H,23,27)(H2,22,24,25);1H. The third kappa shape index (κ3) is 7.49. The molecule has 1 amide bonds. The average Bonchev–Trinajstić information content (AvgIpc) is 2.71. The summed E-state index contributed by atoms with van der Waals surface area (Å²) in [4.78, 5) is 15.9. The fourth-order valence-corrected chi connectivity index (χ4v) is 3.98. The highest BCUT2D eigenvalue weighted by Crippen LogP contribution is 2.28. The first kappa shape index (κ1) is 27.4. The van der Waals surface area contributed by atoms with Crippen molar-refractivity contribution in [1.29, 1.82) is 0 Å². The molecule has 0 radical (unpaired) electrons. The van der Waals surface area contributed by atoms with Crippen LogP contribution in [0.2, 0.25) is 0 Å². The van der Waals surface area contributed by atoms with Crippen LogP contribution in [-0.2, 0) is 16.6 Å². The third-order valence-electron chi connectivity index (χ3n) is 4.66. The van der Waals surface area contributed by atoms with Gasteiger partial charge in [-0.25, -0.2) is 8.42 Å². The Morgan fingerprint density at radius 3 is 2.23 bits per heavy atom. The molecule has 1 aliphatic heterocycles. The van der Waals surface area contributed by atoms with Crippen LogP contribution in [0.4, 0.5) is 13.2 Å². The number of nitrogens with one attached hydrogen (secondary N) is 3. The normalized spacial score (nSPS) is 16.4. The highest BCUT2D eigenvalue weighted by Gasteiger charge is 2.50. The van der Waals surface area contributed by atoms with Gasteiger partial charge in [0.15, 0.2) is 5.96 Å². The smallest absolute Gasteiger partial charge is 0.354 e. The molecular weight excluding hydrogens is 550 g/mol. The first-order chi connectivity index (χ1) is 14.1. The molecule has 31 heavy (non-hydrogen) atoms. The van der Waals surface area contributed by atoms with Crippen molar-refractivity contribution in [2.45, 2.75) is 37.9 Å². The molecule has 1 heterocycles. The number of halogens is 4. The van der Waals surface area contributed by atoms with E-state index < -0.39 is 15.5 Å². The predicted octanol–water partition coefficient (Wildman–Crippen LogP) is 2.03. The van der Waals surface area contributed by atoms with Crippen LogP contribution < -0.4 is 16.0 Å². The number of hydrogen-bond acceptors (Lipinski definition) is 4. The summed E-state index contributed by atoms with van der Waals surface area (Å²) in [6, 6.07) is 6.86. The highest BCUT2D eigenvalue weighted by atomic mass is 127. The Bertz CT molecular complexity index is 855. The Hall–Kier alpha value is -1.61. The molecule has 1 aliphatic rings. The summed E-state index contributed by atoms with van der Waals surface area (Å²) in [5.41, 5.74) is -3.81. The lowest BCUT2D eigenvalue weighted by Gasteiger charge is -2.32. The van der Waals surface area contributed by atoms with Crippen molar-refractivity contribution >= 4 is 45.9 Å². The van der Waals surface area contributed by atoms with Crippen molar-refractivity contribution in [2.75, 3.05) is 26.7 Å². The molecule has 0 bridgehead atoms. The minimum absolute atomic E-state index is 0. The van der Waals surface area contributed by atoms with Crippen LogP contribution in [0.25, 0.3) is 0 Å². The number of carbonyl (C=O) groups excluding carboxylic acids is 1. The topological polar surface area (TPSA) is 103 Å². The zero-order valence-electron chi connectivity index (χ0n) is 17.2. The van der Waals surface area contributed by atoms with Gasteiger partial charge in [0.1, 0.15) is 0 Å². The quantitative estimate of drug-likeness (QED) is 0.273. The summed E-state index contributed by atoms with van der Waals surface area (Å²) in [7, 11) is -3.72. The second kappa shape index (κ2) is 11.9. The van der Waals surface area contributed by atoms with E-state index in [2.05, 4.69) is 20.9 Å². The maximum Gasteiger partial charge on any atom is 0.511 e. The van der Waals surface area contributed by atoms with Crippen LogP contribution >= 0.6 is 24.0 Å². The number of guanidine groups is 1. The highest BCUT2D eigenvalue weighted by molar-refractivity contribution is 14.0. The lowest BCUT2D eigenvalue weighted by Crippen LogP contribution is -2.51. The minimum atomic E-state index is -5.29. The number of hydrogen-bond donors (Lipinski definition) is 3. The fourth-order valence-electron chi connectivity index (χ4n) is 3.00. The van der Waals surface area contributed by atoms with Crippen LogP contribution in [0.15, 0.2) is 29.3 Å². The van der Waals surface area contributed by atoms with E-state index >= 15 is 0 Å². The van der Waals surface area contributed by atoms with Crippen LogP contribution in [0.5, 0.6) is 0 Å². The van der Waals surface area contributed by atoms with Crippen molar-refractivity contribution in [3.05, 3.63) is 35.4 Å². The summed E-state index contributed by atoms with van der Waals surface area (Å²) < 4.78 is 61.4. The summed E-state index contributed by atoms with van der Waals surface area (Å²) in [6.45, 7) is 2.39. The summed E-state index contributed by atoms with van der Waals surface area (Å²) in [5, 5.41) is 8.92. The van der Waals surface area contributed by atoms with Gasteiger partial charge >= 0.3 is 15.5 Å². The second-order valence-corrected chi connectivity index (χ2v) is 8.68. The van der Waals surface area contributed by atoms with Crippen molar-refractivity contribution in [1.82, 2.24) is 20.3 Å². The number of benzene rings is 1. The van der Waals surface area contributed by atoms with Gasteiger partial charge in [0.05, 0.1) is 0 Å². The lowest BCUT2D eigenvalue weighted by atomic mass is 10.1. The van der Waals surface area contributed by atoms with E-state index in [0.717, 1.165) is 5.56 Å². The number of alkyl halides is 3.